The molecule has 2 heteroatoms. The fourth-order valence-corrected chi connectivity index (χ4v) is 2.38. The van der Waals surface area contributed by atoms with Crippen LogP contribution in [0.1, 0.15) is 19.3 Å². The number of hydrogen-bond donors (Lipinski definition) is 0. The van der Waals surface area contributed by atoms with Gasteiger partial charge in [-0.25, -0.2) is 0 Å². The summed E-state index contributed by atoms with van der Waals surface area (Å²) in [4.78, 5) is 2.43. The van der Waals surface area contributed by atoms with E-state index in [1.807, 2.05) is 0 Å². The summed E-state index contributed by atoms with van der Waals surface area (Å²) in [6.07, 6.45) is 4.25. The molecular formula is C7H14IN. The Hall–Kier alpha value is 0.690. The predicted octanol–water partition coefficient (Wildman–Crippen LogP) is 1.91. The molecule has 0 aromatic rings. The average molecular weight is 239 g/mol. The molecule has 0 saturated carbocycles. The molecule has 1 atom stereocenters. The standard InChI is InChI=1S/C7H14IN/c1-9-5-3-2-4-7(8)6-9/h7H,2-6H2,1H3/t7-/m0/s1. The van der Waals surface area contributed by atoms with Gasteiger partial charge in [0.05, 0.1) is 0 Å². The summed E-state index contributed by atoms with van der Waals surface area (Å²) in [6.45, 7) is 2.60. The minimum Gasteiger partial charge on any atom is -0.305 e. The maximum atomic E-state index is 2.56. The van der Waals surface area contributed by atoms with Gasteiger partial charge < -0.3 is 4.90 Å². The Balaban J connectivity index is 2.29. The van der Waals surface area contributed by atoms with Crippen LogP contribution < -0.4 is 0 Å². The van der Waals surface area contributed by atoms with Crippen LogP contribution in [0.5, 0.6) is 0 Å². The normalized spacial score (nSPS) is 32.0. The minimum absolute atomic E-state index is 0.898. The summed E-state index contributed by atoms with van der Waals surface area (Å²) in [5, 5.41) is 0. The van der Waals surface area contributed by atoms with Crippen molar-refractivity contribution in [2.45, 2.75) is 23.2 Å². The molecule has 1 heterocycles. The van der Waals surface area contributed by atoms with Gasteiger partial charge in [-0.05, 0) is 26.4 Å². The maximum absolute atomic E-state index is 2.56. The van der Waals surface area contributed by atoms with Crippen molar-refractivity contribution in [3.8, 4) is 0 Å². The van der Waals surface area contributed by atoms with Gasteiger partial charge in [0.25, 0.3) is 0 Å². The van der Waals surface area contributed by atoms with E-state index in [1.54, 1.807) is 0 Å². The second kappa shape index (κ2) is 3.76. The van der Waals surface area contributed by atoms with E-state index in [4.69, 9.17) is 0 Å². The van der Waals surface area contributed by atoms with Crippen molar-refractivity contribution in [1.82, 2.24) is 4.90 Å². The van der Waals surface area contributed by atoms with Gasteiger partial charge in [-0.1, -0.05) is 29.0 Å². The van der Waals surface area contributed by atoms with Gasteiger partial charge in [-0.2, -0.15) is 0 Å². The third kappa shape index (κ3) is 2.85. The molecule has 0 N–H and O–H groups in total. The zero-order valence-corrected chi connectivity index (χ0v) is 8.10. The van der Waals surface area contributed by atoms with Gasteiger partial charge >= 0.3 is 0 Å². The number of nitrogens with zero attached hydrogens (tertiary/aromatic N) is 1. The summed E-state index contributed by atoms with van der Waals surface area (Å²) in [5.74, 6) is 0. The predicted molar refractivity (Wildman–Crippen MR) is 49.2 cm³/mol. The largest absolute Gasteiger partial charge is 0.305 e. The van der Waals surface area contributed by atoms with Crippen molar-refractivity contribution < 1.29 is 0 Å². The molecule has 54 valence electrons. The SMILES string of the molecule is CN1CCCC[C@H](I)C1. The molecule has 0 aromatic carbocycles. The summed E-state index contributed by atoms with van der Waals surface area (Å²) in [5.41, 5.74) is 0. The molecule has 1 nitrogen and oxygen atoms in total. The lowest BCUT2D eigenvalue weighted by Gasteiger charge is -2.14. The number of likely N-dealkylation sites (tertiary alicyclic amines) is 1. The monoisotopic (exact) mass is 239 g/mol. The molecular weight excluding hydrogens is 225 g/mol. The third-order valence-electron chi connectivity index (χ3n) is 1.82. The van der Waals surface area contributed by atoms with Crippen LogP contribution >= 0.6 is 22.6 Å². The van der Waals surface area contributed by atoms with Gasteiger partial charge in [0.15, 0.2) is 0 Å². The first-order chi connectivity index (χ1) is 4.29. The second-order valence-corrected chi connectivity index (χ2v) is 4.62. The van der Waals surface area contributed by atoms with Crippen molar-refractivity contribution in [3.05, 3.63) is 0 Å². The lowest BCUT2D eigenvalue weighted by molar-refractivity contribution is 0.355. The summed E-state index contributed by atoms with van der Waals surface area (Å²) in [7, 11) is 2.22. The Morgan fingerprint density at radius 3 is 3.00 bits per heavy atom. The summed E-state index contributed by atoms with van der Waals surface area (Å²) < 4.78 is 0.898. The van der Waals surface area contributed by atoms with E-state index >= 15 is 0 Å². The van der Waals surface area contributed by atoms with Gasteiger partial charge in [0, 0.05) is 10.5 Å². The van der Waals surface area contributed by atoms with E-state index in [1.165, 1.54) is 32.4 Å². The lowest BCUT2D eigenvalue weighted by Crippen LogP contribution is -2.23. The highest BCUT2D eigenvalue weighted by Gasteiger charge is 2.11. The molecule has 0 unspecified atom stereocenters. The fraction of sp³-hybridized carbons (Fsp3) is 1.00. The molecule has 0 aromatic heterocycles. The van der Waals surface area contributed by atoms with Crippen LogP contribution in [0.2, 0.25) is 0 Å². The average Bonchev–Trinajstić information content (AvgIpc) is 1.93. The highest BCUT2D eigenvalue weighted by molar-refractivity contribution is 14.1. The van der Waals surface area contributed by atoms with Crippen molar-refractivity contribution in [3.63, 3.8) is 0 Å². The maximum Gasteiger partial charge on any atom is 0.0237 e. The highest BCUT2D eigenvalue weighted by atomic mass is 127. The molecule has 9 heavy (non-hydrogen) atoms. The van der Waals surface area contributed by atoms with Crippen LogP contribution in [0.3, 0.4) is 0 Å². The number of rotatable bonds is 0. The van der Waals surface area contributed by atoms with Crippen molar-refractivity contribution >= 4 is 22.6 Å². The Kier molecular flexibility index (Phi) is 3.26. The van der Waals surface area contributed by atoms with Crippen LogP contribution in [0.25, 0.3) is 0 Å². The van der Waals surface area contributed by atoms with E-state index in [0.29, 0.717) is 0 Å². The van der Waals surface area contributed by atoms with Crippen LogP contribution in [-0.4, -0.2) is 29.0 Å². The molecule has 0 aliphatic carbocycles. The fourth-order valence-electron chi connectivity index (χ4n) is 1.27. The van der Waals surface area contributed by atoms with Crippen LogP contribution in [0.4, 0.5) is 0 Å². The van der Waals surface area contributed by atoms with Crippen LogP contribution in [-0.2, 0) is 0 Å². The smallest absolute Gasteiger partial charge is 0.0237 e. The molecule has 0 bridgehead atoms. The van der Waals surface area contributed by atoms with Gasteiger partial charge in [-0.15, -0.1) is 0 Å². The van der Waals surface area contributed by atoms with E-state index < -0.39 is 0 Å². The third-order valence-corrected chi connectivity index (χ3v) is 2.83. The molecule has 1 fully saturated rings. The van der Waals surface area contributed by atoms with E-state index in [9.17, 15) is 0 Å². The Morgan fingerprint density at radius 1 is 1.44 bits per heavy atom. The molecule has 1 rings (SSSR count). The van der Waals surface area contributed by atoms with Crippen molar-refractivity contribution in [2.75, 3.05) is 20.1 Å². The van der Waals surface area contributed by atoms with Crippen molar-refractivity contribution in [2.24, 2.45) is 0 Å². The van der Waals surface area contributed by atoms with Crippen LogP contribution in [0, 0.1) is 0 Å². The molecule has 1 aliphatic heterocycles. The topological polar surface area (TPSA) is 3.24 Å². The van der Waals surface area contributed by atoms with Gasteiger partial charge in [0.2, 0.25) is 0 Å². The number of alkyl halides is 1. The summed E-state index contributed by atoms with van der Waals surface area (Å²) in [6, 6.07) is 0. The van der Waals surface area contributed by atoms with Gasteiger partial charge in [-0.3, -0.25) is 0 Å². The molecule has 0 amide bonds. The lowest BCUT2D eigenvalue weighted by atomic mass is 10.2. The van der Waals surface area contributed by atoms with Crippen LogP contribution in [0.15, 0.2) is 0 Å². The van der Waals surface area contributed by atoms with Gasteiger partial charge in [0.1, 0.15) is 0 Å². The number of halogens is 1. The first-order valence-electron chi connectivity index (χ1n) is 3.61. The first kappa shape index (κ1) is 7.79. The van der Waals surface area contributed by atoms with E-state index in [0.717, 1.165) is 3.92 Å². The number of hydrogen-bond acceptors (Lipinski definition) is 1. The Labute approximate surface area is 70.9 Å². The minimum atomic E-state index is 0.898. The van der Waals surface area contributed by atoms with E-state index in [-0.39, 0.29) is 0 Å². The Morgan fingerprint density at radius 2 is 2.22 bits per heavy atom. The zero-order chi connectivity index (χ0) is 6.69. The highest BCUT2D eigenvalue weighted by Crippen LogP contribution is 2.15. The molecule has 1 saturated heterocycles. The molecule has 0 radical (unpaired) electrons. The van der Waals surface area contributed by atoms with E-state index in [2.05, 4.69) is 34.5 Å². The summed E-state index contributed by atoms with van der Waals surface area (Å²) >= 11 is 2.56. The second-order valence-electron chi connectivity index (χ2n) is 2.86. The molecule has 0 spiro atoms. The molecule has 1 aliphatic rings. The quantitative estimate of drug-likeness (QED) is 0.461. The zero-order valence-electron chi connectivity index (χ0n) is 5.94. The Bertz CT molecular complexity index is 75.0. The van der Waals surface area contributed by atoms with Crippen molar-refractivity contribution in [1.29, 1.82) is 0 Å². The first-order valence-corrected chi connectivity index (χ1v) is 4.86.